The van der Waals surface area contributed by atoms with Crippen molar-refractivity contribution in [3.8, 4) is 17.9 Å². The van der Waals surface area contributed by atoms with Crippen molar-refractivity contribution in [2.75, 3.05) is 20.2 Å². The summed E-state index contributed by atoms with van der Waals surface area (Å²) in [6.45, 7) is 4.34. The molecule has 0 heterocycles. The first-order chi connectivity index (χ1) is 8.74. The fraction of sp³-hybridized carbons (Fsp3) is 0.429. The third-order valence-corrected chi connectivity index (χ3v) is 2.79. The lowest BCUT2D eigenvalue weighted by Gasteiger charge is -2.20. The number of benzene rings is 1. The number of hydrogen-bond acceptors (Lipinski definition) is 4. The van der Waals surface area contributed by atoms with Gasteiger partial charge in [0.1, 0.15) is 5.75 Å². The molecular formula is C14H17N3O. The van der Waals surface area contributed by atoms with E-state index in [1.807, 2.05) is 12.1 Å². The van der Waals surface area contributed by atoms with E-state index in [0.29, 0.717) is 18.5 Å². The first kappa shape index (κ1) is 14.0. The quantitative estimate of drug-likeness (QED) is 0.769. The Morgan fingerprint density at radius 2 is 2.11 bits per heavy atom. The molecule has 0 saturated heterocycles. The third kappa shape index (κ3) is 3.76. The van der Waals surface area contributed by atoms with Gasteiger partial charge in [-0.15, -0.1) is 0 Å². The molecule has 0 aliphatic heterocycles. The first-order valence-corrected chi connectivity index (χ1v) is 5.91. The molecule has 0 fully saturated rings. The molecule has 0 aliphatic rings. The van der Waals surface area contributed by atoms with Gasteiger partial charge in [0.25, 0.3) is 0 Å². The zero-order valence-corrected chi connectivity index (χ0v) is 10.8. The van der Waals surface area contributed by atoms with Crippen molar-refractivity contribution in [2.24, 2.45) is 0 Å². The summed E-state index contributed by atoms with van der Waals surface area (Å²) in [5, 5.41) is 17.5. The number of nitrogens with zero attached hydrogens (tertiary/aromatic N) is 3. The highest BCUT2D eigenvalue weighted by atomic mass is 16.5. The second-order valence-corrected chi connectivity index (χ2v) is 3.92. The van der Waals surface area contributed by atoms with E-state index in [-0.39, 0.29) is 0 Å². The van der Waals surface area contributed by atoms with Gasteiger partial charge in [0.2, 0.25) is 0 Å². The zero-order valence-electron chi connectivity index (χ0n) is 10.8. The molecule has 1 aromatic carbocycles. The highest BCUT2D eigenvalue weighted by Crippen LogP contribution is 2.21. The molecule has 18 heavy (non-hydrogen) atoms. The summed E-state index contributed by atoms with van der Waals surface area (Å²) in [7, 11) is 1.62. The van der Waals surface area contributed by atoms with Crippen LogP contribution in [0, 0.1) is 22.7 Å². The van der Waals surface area contributed by atoms with Crippen LogP contribution in [0.1, 0.15) is 24.5 Å². The summed E-state index contributed by atoms with van der Waals surface area (Å²) >= 11 is 0. The van der Waals surface area contributed by atoms with Crippen LogP contribution in [0.2, 0.25) is 0 Å². The lowest BCUT2D eigenvalue weighted by atomic mass is 10.1. The van der Waals surface area contributed by atoms with Crippen LogP contribution in [-0.4, -0.2) is 25.1 Å². The van der Waals surface area contributed by atoms with Crippen LogP contribution in [0.5, 0.6) is 5.75 Å². The monoisotopic (exact) mass is 243 g/mol. The Bertz CT molecular complexity index is 471. The van der Waals surface area contributed by atoms with Gasteiger partial charge in [0.15, 0.2) is 0 Å². The normalized spacial score (nSPS) is 9.83. The van der Waals surface area contributed by atoms with Crippen molar-refractivity contribution >= 4 is 0 Å². The highest BCUT2D eigenvalue weighted by molar-refractivity contribution is 5.42. The van der Waals surface area contributed by atoms with Gasteiger partial charge in [-0.2, -0.15) is 10.5 Å². The Labute approximate surface area is 108 Å². The molecule has 0 aromatic heterocycles. The fourth-order valence-corrected chi connectivity index (χ4v) is 1.77. The van der Waals surface area contributed by atoms with E-state index in [2.05, 4.69) is 24.0 Å². The van der Waals surface area contributed by atoms with Crippen molar-refractivity contribution in [3.63, 3.8) is 0 Å². The molecular weight excluding hydrogens is 226 g/mol. The number of methoxy groups -OCH3 is 1. The van der Waals surface area contributed by atoms with E-state index < -0.39 is 0 Å². The molecule has 4 heteroatoms. The average Bonchev–Trinajstić information content (AvgIpc) is 2.43. The SMILES string of the molecule is CCN(CCC#N)Cc1cc(C#N)ccc1OC. The predicted molar refractivity (Wildman–Crippen MR) is 68.9 cm³/mol. The lowest BCUT2D eigenvalue weighted by molar-refractivity contribution is 0.281. The van der Waals surface area contributed by atoms with Crippen molar-refractivity contribution in [1.29, 1.82) is 10.5 Å². The predicted octanol–water partition coefficient (Wildman–Crippen LogP) is 2.30. The second-order valence-electron chi connectivity index (χ2n) is 3.92. The second kappa shape index (κ2) is 7.32. The molecule has 0 radical (unpaired) electrons. The largest absolute Gasteiger partial charge is 0.496 e. The Hall–Kier alpha value is -2.04. The zero-order chi connectivity index (χ0) is 13.4. The molecule has 4 nitrogen and oxygen atoms in total. The summed E-state index contributed by atoms with van der Waals surface area (Å²) in [6.07, 6.45) is 0.508. The molecule has 1 aromatic rings. The summed E-state index contributed by atoms with van der Waals surface area (Å²) in [5.41, 5.74) is 1.61. The van der Waals surface area contributed by atoms with Crippen LogP contribution in [-0.2, 0) is 6.54 Å². The average molecular weight is 243 g/mol. The van der Waals surface area contributed by atoms with Crippen LogP contribution < -0.4 is 4.74 Å². The number of hydrogen-bond donors (Lipinski definition) is 0. The van der Waals surface area contributed by atoms with Crippen LogP contribution in [0.15, 0.2) is 18.2 Å². The summed E-state index contributed by atoms with van der Waals surface area (Å²) < 4.78 is 5.29. The van der Waals surface area contributed by atoms with Gasteiger partial charge in [-0.3, -0.25) is 4.90 Å². The van der Waals surface area contributed by atoms with Gasteiger partial charge in [0, 0.05) is 25.1 Å². The molecule has 0 spiro atoms. The summed E-state index contributed by atoms with van der Waals surface area (Å²) in [4.78, 5) is 2.15. The molecule has 0 N–H and O–H groups in total. The van der Waals surface area contributed by atoms with Crippen molar-refractivity contribution in [1.82, 2.24) is 4.90 Å². The lowest BCUT2D eigenvalue weighted by Crippen LogP contribution is -2.24. The van der Waals surface area contributed by atoms with Gasteiger partial charge in [-0.1, -0.05) is 6.92 Å². The van der Waals surface area contributed by atoms with E-state index >= 15 is 0 Å². The van der Waals surface area contributed by atoms with Crippen molar-refractivity contribution in [2.45, 2.75) is 19.9 Å². The topological polar surface area (TPSA) is 60.0 Å². The number of ether oxygens (including phenoxy) is 1. The highest BCUT2D eigenvalue weighted by Gasteiger charge is 2.09. The molecule has 0 bridgehead atoms. The minimum Gasteiger partial charge on any atom is -0.496 e. The van der Waals surface area contributed by atoms with Gasteiger partial charge in [0.05, 0.1) is 24.8 Å². The van der Waals surface area contributed by atoms with Gasteiger partial charge >= 0.3 is 0 Å². The van der Waals surface area contributed by atoms with Crippen molar-refractivity contribution in [3.05, 3.63) is 29.3 Å². The molecule has 0 saturated carbocycles. The number of nitriles is 2. The molecule has 0 aliphatic carbocycles. The van der Waals surface area contributed by atoms with Crippen LogP contribution in [0.25, 0.3) is 0 Å². The Morgan fingerprint density at radius 1 is 1.33 bits per heavy atom. The summed E-state index contributed by atoms with van der Waals surface area (Å²) in [6, 6.07) is 9.67. The van der Waals surface area contributed by atoms with E-state index in [1.54, 1.807) is 13.2 Å². The maximum absolute atomic E-state index is 8.91. The van der Waals surface area contributed by atoms with Crippen LogP contribution in [0.4, 0.5) is 0 Å². The number of rotatable bonds is 6. The van der Waals surface area contributed by atoms with E-state index in [4.69, 9.17) is 15.3 Å². The van der Waals surface area contributed by atoms with Crippen LogP contribution >= 0.6 is 0 Å². The summed E-state index contributed by atoms with van der Waals surface area (Å²) in [5.74, 6) is 0.782. The van der Waals surface area contributed by atoms with Gasteiger partial charge in [-0.25, -0.2) is 0 Å². The van der Waals surface area contributed by atoms with E-state index in [1.165, 1.54) is 0 Å². The molecule has 1 rings (SSSR count). The Balaban J connectivity index is 2.87. The standard InChI is InChI=1S/C14H17N3O/c1-3-17(8-4-7-15)11-13-9-12(10-16)5-6-14(13)18-2/h5-6,9H,3-4,8,11H2,1-2H3. The Kier molecular flexibility index (Phi) is 5.70. The Morgan fingerprint density at radius 3 is 2.67 bits per heavy atom. The van der Waals surface area contributed by atoms with Crippen LogP contribution in [0.3, 0.4) is 0 Å². The van der Waals surface area contributed by atoms with E-state index in [9.17, 15) is 0 Å². The fourth-order valence-electron chi connectivity index (χ4n) is 1.77. The third-order valence-electron chi connectivity index (χ3n) is 2.79. The smallest absolute Gasteiger partial charge is 0.123 e. The first-order valence-electron chi connectivity index (χ1n) is 5.91. The molecule has 94 valence electrons. The van der Waals surface area contributed by atoms with E-state index in [0.717, 1.165) is 24.4 Å². The maximum atomic E-state index is 8.91. The maximum Gasteiger partial charge on any atom is 0.123 e. The van der Waals surface area contributed by atoms with Gasteiger partial charge in [-0.05, 0) is 24.7 Å². The van der Waals surface area contributed by atoms with Gasteiger partial charge < -0.3 is 4.74 Å². The molecule has 0 atom stereocenters. The minimum absolute atomic E-state index is 0.508. The molecule has 0 amide bonds. The molecule has 0 unspecified atom stereocenters. The minimum atomic E-state index is 0.508. The van der Waals surface area contributed by atoms with Crippen molar-refractivity contribution < 1.29 is 4.74 Å².